The number of halogens is 1. The highest BCUT2D eigenvalue weighted by Gasteiger charge is 2.21. The predicted molar refractivity (Wildman–Crippen MR) is 91.6 cm³/mol. The summed E-state index contributed by atoms with van der Waals surface area (Å²) in [6, 6.07) is 5.86. The molecule has 1 aromatic carbocycles. The summed E-state index contributed by atoms with van der Waals surface area (Å²) in [5.74, 6) is 0.257. The summed E-state index contributed by atoms with van der Waals surface area (Å²) in [4.78, 5) is 26.6. The minimum atomic E-state index is -0.309. The van der Waals surface area contributed by atoms with Crippen molar-refractivity contribution in [1.82, 2.24) is 19.2 Å². The third-order valence-corrected chi connectivity index (χ3v) is 4.89. The van der Waals surface area contributed by atoms with Crippen LogP contribution in [-0.4, -0.2) is 32.2 Å². The van der Waals surface area contributed by atoms with Gasteiger partial charge < -0.3 is 4.90 Å². The predicted octanol–water partition coefficient (Wildman–Crippen LogP) is 2.13. The van der Waals surface area contributed by atoms with E-state index in [1.165, 1.54) is 16.8 Å². The molecule has 3 rings (SSSR count). The topological polar surface area (TPSA) is 60.1 Å². The number of fused-ring (bicyclic) bond motifs is 1. The van der Waals surface area contributed by atoms with Gasteiger partial charge in [-0.25, -0.2) is 13.9 Å². The van der Waals surface area contributed by atoms with Crippen LogP contribution in [0.25, 0.3) is 0 Å². The molecule has 1 aromatic heterocycles. The van der Waals surface area contributed by atoms with E-state index >= 15 is 0 Å². The molecule has 1 aliphatic rings. The summed E-state index contributed by atoms with van der Waals surface area (Å²) < 4.78 is 16.0. The average molecular weight is 346 g/mol. The van der Waals surface area contributed by atoms with Crippen LogP contribution in [0.3, 0.4) is 0 Å². The molecule has 6 nitrogen and oxygen atoms in total. The molecule has 0 saturated heterocycles. The van der Waals surface area contributed by atoms with E-state index in [0.717, 1.165) is 37.1 Å². The van der Waals surface area contributed by atoms with Crippen molar-refractivity contribution < 1.29 is 9.18 Å². The first-order chi connectivity index (χ1) is 12.0. The van der Waals surface area contributed by atoms with Crippen LogP contribution >= 0.6 is 0 Å². The molecule has 0 radical (unpaired) electrons. The molecule has 1 amide bonds. The largest absolute Gasteiger partial charge is 0.346 e. The molecular weight excluding hydrogens is 323 g/mol. The van der Waals surface area contributed by atoms with E-state index in [1.54, 1.807) is 28.6 Å². The third-order valence-electron chi connectivity index (χ3n) is 4.89. The normalized spacial score (nSPS) is 15.3. The Morgan fingerprint density at radius 1 is 1.28 bits per heavy atom. The maximum absolute atomic E-state index is 13.1. The highest BCUT2D eigenvalue weighted by atomic mass is 19.1. The van der Waals surface area contributed by atoms with Crippen molar-refractivity contribution in [2.75, 3.05) is 7.05 Å². The molecule has 0 saturated carbocycles. The lowest BCUT2D eigenvalue weighted by Gasteiger charge is -2.25. The fraction of sp³-hybridized carbons (Fsp3) is 0.500. The van der Waals surface area contributed by atoms with Crippen LogP contribution in [0.2, 0.25) is 0 Å². The first-order valence-corrected chi connectivity index (χ1v) is 8.65. The fourth-order valence-electron chi connectivity index (χ4n) is 3.15. The molecule has 0 aliphatic carbocycles. The Labute approximate surface area is 145 Å². The van der Waals surface area contributed by atoms with Crippen molar-refractivity contribution in [3.8, 4) is 0 Å². The van der Waals surface area contributed by atoms with Gasteiger partial charge in [0.05, 0.1) is 6.04 Å². The molecule has 1 aliphatic heterocycles. The lowest BCUT2D eigenvalue weighted by atomic mass is 10.1. The van der Waals surface area contributed by atoms with Gasteiger partial charge in [0, 0.05) is 20.0 Å². The van der Waals surface area contributed by atoms with Gasteiger partial charge in [-0.3, -0.25) is 9.36 Å². The van der Waals surface area contributed by atoms with Crippen LogP contribution in [0.5, 0.6) is 0 Å². The summed E-state index contributed by atoms with van der Waals surface area (Å²) in [6.45, 7) is 2.46. The van der Waals surface area contributed by atoms with E-state index in [-0.39, 0.29) is 30.0 Å². The number of aryl methyl sites for hydroxylation is 1. The summed E-state index contributed by atoms with van der Waals surface area (Å²) >= 11 is 0. The van der Waals surface area contributed by atoms with Crippen molar-refractivity contribution in [3.05, 3.63) is 52.0 Å². The molecule has 2 aromatic rings. The van der Waals surface area contributed by atoms with E-state index in [0.29, 0.717) is 6.54 Å². The minimum Gasteiger partial charge on any atom is -0.337 e. The molecule has 0 N–H and O–H groups in total. The molecule has 0 spiro atoms. The van der Waals surface area contributed by atoms with Gasteiger partial charge in [0.1, 0.15) is 18.2 Å². The summed E-state index contributed by atoms with van der Waals surface area (Å²) in [5.41, 5.74) is 0.623. The molecule has 0 fully saturated rings. The first-order valence-electron chi connectivity index (χ1n) is 8.65. The smallest absolute Gasteiger partial charge is 0.337 e. The van der Waals surface area contributed by atoms with Crippen LogP contribution in [-0.2, 0) is 24.3 Å². The summed E-state index contributed by atoms with van der Waals surface area (Å²) in [5, 5.41) is 4.35. The van der Waals surface area contributed by atoms with Gasteiger partial charge >= 0.3 is 5.69 Å². The van der Waals surface area contributed by atoms with Gasteiger partial charge in [-0.15, -0.1) is 0 Å². The fourth-order valence-corrected chi connectivity index (χ4v) is 3.15. The van der Waals surface area contributed by atoms with Crippen molar-refractivity contribution in [2.24, 2.45) is 0 Å². The van der Waals surface area contributed by atoms with Gasteiger partial charge in [-0.05, 0) is 37.5 Å². The van der Waals surface area contributed by atoms with Gasteiger partial charge in [-0.2, -0.15) is 5.10 Å². The first kappa shape index (κ1) is 17.4. The van der Waals surface area contributed by atoms with E-state index < -0.39 is 0 Å². The number of likely N-dealkylation sites (N-methyl/N-ethyl adjacent to an activating group) is 1. The zero-order valence-corrected chi connectivity index (χ0v) is 14.6. The maximum atomic E-state index is 13.1. The third kappa shape index (κ3) is 3.65. The molecule has 2 heterocycles. The van der Waals surface area contributed by atoms with Crippen molar-refractivity contribution in [3.63, 3.8) is 0 Å². The Balaban J connectivity index is 1.73. The molecule has 7 heteroatoms. The number of nitrogens with zero attached hydrogens (tertiary/aromatic N) is 4. The van der Waals surface area contributed by atoms with Crippen molar-refractivity contribution in [1.29, 1.82) is 0 Å². The van der Waals surface area contributed by atoms with Crippen molar-refractivity contribution in [2.45, 2.75) is 51.7 Å². The number of benzene rings is 1. The number of carbonyl (C=O) groups is 1. The molecule has 25 heavy (non-hydrogen) atoms. The lowest BCUT2D eigenvalue weighted by Crippen LogP contribution is -2.36. The molecule has 1 atom stereocenters. The summed E-state index contributed by atoms with van der Waals surface area (Å²) in [7, 11) is 1.68. The van der Waals surface area contributed by atoms with Crippen molar-refractivity contribution >= 4 is 5.91 Å². The van der Waals surface area contributed by atoms with Crippen LogP contribution < -0.4 is 5.69 Å². The second-order valence-corrected chi connectivity index (χ2v) is 6.55. The number of amides is 1. The second-order valence-electron chi connectivity index (χ2n) is 6.55. The second kappa shape index (κ2) is 7.21. The molecule has 1 unspecified atom stereocenters. The van der Waals surface area contributed by atoms with Crippen LogP contribution in [0.1, 0.15) is 43.6 Å². The SMILES string of the molecule is CC(c1ccc(F)cc1)N(C)C(=O)Cn1nc2n(c1=O)CCCCC2. The number of carbonyl (C=O) groups excluding carboxylic acids is 1. The van der Waals surface area contributed by atoms with Gasteiger partial charge in [0.15, 0.2) is 0 Å². The quantitative estimate of drug-likeness (QED) is 0.852. The Morgan fingerprint density at radius 2 is 2.00 bits per heavy atom. The molecular formula is C18H23FN4O2. The van der Waals surface area contributed by atoms with E-state index in [1.807, 2.05) is 6.92 Å². The van der Waals surface area contributed by atoms with E-state index in [9.17, 15) is 14.0 Å². The van der Waals surface area contributed by atoms with Crippen LogP contribution in [0.4, 0.5) is 4.39 Å². The van der Waals surface area contributed by atoms with Crippen LogP contribution in [0.15, 0.2) is 29.1 Å². The van der Waals surface area contributed by atoms with E-state index in [2.05, 4.69) is 5.10 Å². The Kier molecular flexibility index (Phi) is 5.01. The Morgan fingerprint density at radius 3 is 2.72 bits per heavy atom. The maximum Gasteiger partial charge on any atom is 0.346 e. The van der Waals surface area contributed by atoms with Gasteiger partial charge in [0.25, 0.3) is 0 Å². The molecule has 134 valence electrons. The zero-order valence-electron chi connectivity index (χ0n) is 14.6. The van der Waals surface area contributed by atoms with Crippen LogP contribution in [0, 0.1) is 5.82 Å². The highest BCUT2D eigenvalue weighted by Crippen LogP contribution is 2.19. The monoisotopic (exact) mass is 346 g/mol. The molecule has 0 bridgehead atoms. The number of aromatic nitrogens is 3. The average Bonchev–Trinajstić information content (AvgIpc) is 2.78. The summed E-state index contributed by atoms with van der Waals surface area (Å²) in [6.07, 6.45) is 3.86. The minimum absolute atomic E-state index is 0.0825. The number of hydrogen-bond acceptors (Lipinski definition) is 3. The lowest BCUT2D eigenvalue weighted by molar-refractivity contribution is -0.132. The zero-order chi connectivity index (χ0) is 18.0. The van der Waals surface area contributed by atoms with Gasteiger partial charge in [-0.1, -0.05) is 18.6 Å². The van der Waals surface area contributed by atoms with Gasteiger partial charge in [0.2, 0.25) is 5.91 Å². The Hall–Kier alpha value is -2.44. The standard InChI is InChI=1S/C18H23FN4O2/c1-13(14-7-9-15(19)10-8-14)21(2)17(24)12-23-18(25)22-11-5-3-4-6-16(22)20-23/h7-10,13H,3-6,11-12H2,1-2H3. The highest BCUT2D eigenvalue weighted by molar-refractivity contribution is 5.76. The van der Waals surface area contributed by atoms with E-state index in [4.69, 9.17) is 0 Å². The Bertz CT molecular complexity index is 809. The number of rotatable bonds is 4. The number of hydrogen-bond donors (Lipinski definition) is 0.